The Morgan fingerprint density at radius 3 is 2.07 bits per heavy atom. The number of halogens is 6. The van der Waals surface area contributed by atoms with Gasteiger partial charge in [-0.1, -0.05) is 43.3 Å². The van der Waals surface area contributed by atoms with Gasteiger partial charge in [0.05, 0.1) is 23.3 Å². The maximum atomic E-state index is 10.6. The van der Waals surface area contributed by atoms with E-state index in [-0.39, 0.29) is 5.54 Å². The molecule has 230 valence electrons. The van der Waals surface area contributed by atoms with E-state index in [1.165, 1.54) is 35.5 Å². The lowest BCUT2D eigenvalue weighted by Gasteiger charge is -2.49. The fourth-order valence-electron chi connectivity index (χ4n) is 5.04. The molecule has 3 aromatic rings. The van der Waals surface area contributed by atoms with Crippen LogP contribution in [0.1, 0.15) is 30.3 Å². The molecule has 0 aliphatic carbocycles. The third-order valence-corrected chi connectivity index (χ3v) is 7.70. The zero-order valence-corrected chi connectivity index (χ0v) is 23.3. The lowest BCUT2D eigenvalue weighted by Crippen LogP contribution is -2.58. The lowest BCUT2D eigenvalue weighted by molar-refractivity contribution is -0.193. The molecule has 0 bridgehead atoms. The molecule has 1 atom stereocenters. The Morgan fingerprint density at radius 2 is 1.55 bits per heavy atom. The number of carbonyl (C=O) groups is 2. The van der Waals surface area contributed by atoms with Crippen LogP contribution in [0.5, 0.6) is 0 Å². The van der Waals surface area contributed by atoms with Crippen molar-refractivity contribution >= 4 is 23.3 Å². The van der Waals surface area contributed by atoms with Gasteiger partial charge in [-0.15, -0.1) is 11.3 Å². The summed E-state index contributed by atoms with van der Waals surface area (Å²) in [4.78, 5) is 29.4. The maximum Gasteiger partial charge on any atom is 0.490 e. The molecule has 1 saturated heterocycles. The Hall–Kier alpha value is -3.43. The highest BCUT2D eigenvalue weighted by Gasteiger charge is 2.43. The van der Waals surface area contributed by atoms with Crippen LogP contribution in [0.3, 0.4) is 0 Å². The van der Waals surface area contributed by atoms with Gasteiger partial charge < -0.3 is 14.8 Å². The van der Waals surface area contributed by atoms with E-state index in [2.05, 4.69) is 75.5 Å². The Morgan fingerprint density at radius 1 is 0.952 bits per heavy atom. The Balaban J connectivity index is 0.000000289. The first-order chi connectivity index (χ1) is 19.7. The summed E-state index contributed by atoms with van der Waals surface area (Å²) in [6.07, 6.45) is -5.55. The van der Waals surface area contributed by atoms with E-state index < -0.39 is 24.3 Å². The Labute approximate surface area is 241 Å². The lowest BCUT2D eigenvalue weighted by atomic mass is 9.85. The number of aliphatic carboxylic acids is 2. The molecule has 2 N–H and O–H groups in total. The first kappa shape index (κ1) is 33.1. The van der Waals surface area contributed by atoms with E-state index in [1.54, 1.807) is 0 Å². The van der Waals surface area contributed by atoms with Gasteiger partial charge in [0.15, 0.2) is 0 Å². The summed E-state index contributed by atoms with van der Waals surface area (Å²) in [6.45, 7) is 8.87. The summed E-state index contributed by atoms with van der Waals surface area (Å²) >= 11 is 1.87. The van der Waals surface area contributed by atoms with Crippen LogP contribution in [0, 0.1) is 0 Å². The van der Waals surface area contributed by atoms with Crippen molar-refractivity contribution < 1.29 is 46.1 Å². The molecule has 5 rings (SSSR count). The zero-order valence-electron chi connectivity index (χ0n) is 22.5. The molecule has 4 heterocycles. The van der Waals surface area contributed by atoms with Crippen molar-refractivity contribution in [2.75, 3.05) is 26.2 Å². The van der Waals surface area contributed by atoms with E-state index in [0.717, 1.165) is 38.4 Å². The second kappa shape index (κ2) is 13.7. The minimum Gasteiger partial charge on any atom is -0.475 e. The van der Waals surface area contributed by atoms with Crippen LogP contribution in [0.4, 0.5) is 26.3 Å². The summed E-state index contributed by atoms with van der Waals surface area (Å²) in [5, 5.41) is 16.4. The second-order valence-corrected chi connectivity index (χ2v) is 10.8. The van der Waals surface area contributed by atoms with E-state index >= 15 is 0 Å². The van der Waals surface area contributed by atoms with Crippen LogP contribution >= 0.6 is 11.3 Å². The van der Waals surface area contributed by atoms with Crippen LogP contribution in [0.25, 0.3) is 11.3 Å². The van der Waals surface area contributed by atoms with Crippen molar-refractivity contribution in [1.82, 2.24) is 19.4 Å². The molecular weight excluding hydrogens is 590 g/mol. The number of likely N-dealkylation sites (tertiary alicyclic amines) is 1. The fraction of sp³-hybridized carbons (Fsp3) is 0.444. The number of benzene rings is 1. The van der Waals surface area contributed by atoms with Gasteiger partial charge in [-0.05, 0) is 37.4 Å². The monoisotopic (exact) mass is 620 g/mol. The van der Waals surface area contributed by atoms with Gasteiger partial charge in [-0.3, -0.25) is 9.80 Å². The van der Waals surface area contributed by atoms with Crippen molar-refractivity contribution in [2.24, 2.45) is 0 Å². The summed E-state index contributed by atoms with van der Waals surface area (Å²) in [5.74, 6) is -5.51. The third-order valence-electron chi connectivity index (χ3n) is 6.84. The van der Waals surface area contributed by atoms with Crippen LogP contribution in [-0.2, 0) is 28.2 Å². The summed E-state index contributed by atoms with van der Waals surface area (Å²) in [6, 6.07) is 15.1. The van der Waals surface area contributed by atoms with E-state index in [1.807, 2.05) is 11.3 Å². The van der Waals surface area contributed by atoms with Gasteiger partial charge in [-0.25, -0.2) is 14.6 Å². The Bertz CT molecular complexity index is 1290. The van der Waals surface area contributed by atoms with Crippen LogP contribution in [0.15, 0.2) is 54.2 Å². The Kier molecular flexibility index (Phi) is 10.8. The van der Waals surface area contributed by atoms with Gasteiger partial charge in [-0.2, -0.15) is 26.3 Å². The normalized spacial score (nSPS) is 19.2. The number of piperidine rings is 1. The number of hydrogen-bond donors (Lipinski definition) is 2. The molecule has 2 aliphatic rings. The topological polar surface area (TPSA) is 98.9 Å². The van der Waals surface area contributed by atoms with Gasteiger partial charge in [0.2, 0.25) is 0 Å². The SMILES string of the molecule is CCN1Cc2c(-c3ccccc3)ncn2C2(CCCN(Cc3cccs3)C2)C1.O=C(O)C(F)(F)F.O=C(O)C(F)(F)F. The second-order valence-electron chi connectivity index (χ2n) is 9.80. The summed E-state index contributed by atoms with van der Waals surface area (Å²) in [7, 11) is 0. The molecule has 2 aliphatic heterocycles. The van der Waals surface area contributed by atoms with Gasteiger partial charge in [0.25, 0.3) is 0 Å². The molecule has 0 amide bonds. The van der Waals surface area contributed by atoms with Crippen molar-refractivity contribution in [3.05, 3.63) is 64.7 Å². The van der Waals surface area contributed by atoms with Crippen LogP contribution < -0.4 is 0 Å². The van der Waals surface area contributed by atoms with E-state index in [9.17, 15) is 26.3 Å². The fourth-order valence-corrected chi connectivity index (χ4v) is 5.79. The standard InChI is InChI=1S/C23H28N4S.2C2HF3O2/c1-2-25-15-21-22(19-8-4-3-5-9-19)24-18-27(21)23(16-25)11-7-12-26(17-23)14-20-10-6-13-28-20;2*3-2(4,5)1(6)7/h3-6,8-10,13,18H,2,7,11-12,14-17H2,1H3;2*(H,6,7). The highest BCUT2D eigenvalue weighted by atomic mass is 32.1. The molecule has 8 nitrogen and oxygen atoms in total. The van der Waals surface area contributed by atoms with E-state index in [4.69, 9.17) is 24.8 Å². The number of imidazole rings is 1. The summed E-state index contributed by atoms with van der Waals surface area (Å²) < 4.78 is 66.0. The number of rotatable bonds is 4. The van der Waals surface area contributed by atoms with Crippen molar-refractivity contribution in [3.63, 3.8) is 0 Å². The quantitative estimate of drug-likeness (QED) is 0.361. The van der Waals surface area contributed by atoms with Crippen LogP contribution in [-0.4, -0.2) is 80.0 Å². The highest BCUT2D eigenvalue weighted by Crippen LogP contribution is 2.38. The average Bonchev–Trinajstić information content (AvgIpc) is 3.59. The number of hydrogen-bond acceptors (Lipinski definition) is 6. The highest BCUT2D eigenvalue weighted by molar-refractivity contribution is 7.09. The average molecular weight is 621 g/mol. The predicted molar refractivity (Wildman–Crippen MR) is 143 cm³/mol. The maximum absolute atomic E-state index is 10.6. The molecule has 42 heavy (non-hydrogen) atoms. The molecule has 0 radical (unpaired) electrons. The molecule has 15 heteroatoms. The number of thiophene rings is 1. The molecule has 0 saturated carbocycles. The molecule has 1 aromatic carbocycles. The number of carboxylic acid groups (broad SMARTS) is 2. The van der Waals surface area contributed by atoms with Gasteiger partial charge in [0, 0.05) is 36.6 Å². The first-order valence-corrected chi connectivity index (χ1v) is 13.7. The zero-order chi connectivity index (χ0) is 31.1. The number of aromatic nitrogens is 2. The molecular formula is C27H30F6N4O4S. The number of nitrogens with zero attached hydrogens (tertiary/aromatic N) is 4. The van der Waals surface area contributed by atoms with E-state index in [0.29, 0.717) is 0 Å². The minimum atomic E-state index is -5.08. The largest absolute Gasteiger partial charge is 0.490 e. The molecule has 1 spiro atoms. The van der Waals surface area contributed by atoms with Crippen molar-refractivity contribution in [3.8, 4) is 11.3 Å². The smallest absolute Gasteiger partial charge is 0.475 e. The predicted octanol–water partition coefficient (Wildman–Crippen LogP) is 5.71. The summed E-state index contributed by atoms with van der Waals surface area (Å²) in [5.41, 5.74) is 3.92. The third kappa shape index (κ3) is 8.55. The number of alkyl halides is 6. The molecule has 2 aromatic heterocycles. The minimum absolute atomic E-state index is 0.138. The van der Waals surface area contributed by atoms with Crippen LogP contribution in [0.2, 0.25) is 0 Å². The first-order valence-electron chi connectivity index (χ1n) is 12.9. The van der Waals surface area contributed by atoms with Crippen molar-refractivity contribution in [1.29, 1.82) is 0 Å². The number of carboxylic acids is 2. The number of likely N-dealkylation sites (N-methyl/N-ethyl adjacent to an activating group) is 1. The molecule has 1 fully saturated rings. The number of fused-ring (bicyclic) bond motifs is 2. The van der Waals surface area contributed by atoms with Crippen molar-refractivity contribution in [2.45, 2.75) is 50.7 Å². The van der Waals surface area contributed by atoms with Gasteiger partial charge in [0.1, 0.15) is 0 Å². The van der Waals surface area contributed by atoms with Gasteiger partial charge >= 0.3 is 24.3 Å². The molecule has 1 unspecified atom stereocenters.